The molecule has 0 N–H and O–H groups in total. The molecule has 0 spiro atoms. The van der Waals surface area contributed by atoms with Crippen molar-refractivity contribution in [3.63, 3.8) is 0 Å². The van der Waals surface area contributed by atoms with E-state index in [1.807, 2.05) is 36.0 Å². The summed E-state index contributed by atoms with van der Waals surface area (Å²) < 4.78 is 1.82. The highest BCUT2D eigenvalue weighted by atomic mass is 32.2. The predicted octanol–water partition coefficient (Wildman–Crippen LogP) is 3.67. The molecule has 0 saturated carbocycles. The number of pyridine rings is 1. The van der Waals surface area contributed by atoms with Gasteiger partial charge in [-0.25, -0.2) is 0 Å². The van der Waals surface area contributed by atoms with Crippen LogP contribution in [0.2, 0.25) is 0 Å². The fourth-order valence-electron chi connectivity index (χ4n) is 2.86. The second-order valence-corrected chi connectivity index (χ2v) is 8.21. The molecule has 134 valence electrons. The van der Waals surface area contributed by atoms with Crippen molar-refractivity contribution in [2.45, 2.75) is 36.5 Å². The smallest absolute Gasteiger partial charge is 0.235 e. The number of nitrogens with zero attached hydrogens (tertiary/aromatic N) is 7. The molecule has 1 atom stereocenters. The Morgan fingerprint density at radius 1 is 1.22 bits per heavy atom. The number of hydrogen-bond donors (Lipinski definition) is 0. The average molecular weight is 394 g/mol. The molecule has 1 unspecified atom stereocenters. The van der Waals surface area contributed by atoms with Crippen LogP contribution in [0.25, 0.3) is 15.9 Å². The molecule has 9 heteroatoms. The zero-order valence-corrected chi connectivity index (χ0v) is 16.3. The third-order valence-corrected chi connectivity index (χ3v) is 6.17. The molecule has 3 aromatic heterocycles. The minimum atomic E-state index is -0.0148. The van der Waals surface area contributed by atoms with E-state index in [0.29, 0.717) is 0 Å². The molecule has 7 nitrogen and oxygen atoms in total. The molecule has 1 aromatic carbocycles. The number of aryl methyl sites for hydroxylation is 1. The van der Waals surface area contributed by atoms with E-state index < -0.39 is 0 Å². The molecular weight excluding hydrogens is 378 g/mol. The summed E-state index contributed by atoms with van der Waals surface area (Å²) in [6.07, 6.45) is 4.54. The largest absolute Gasteiger partial charge is 0.265 e. The highest BCUT2D eigenvalue weighted by molar-refractivity contribution is 7.99. The summed E-state index contributed by atoms with van der Waals surface area (Å²) in [6, 6.07) is 8.28. The lowest BCUT2D eigenvalue weighted by Crippen LogP contribution is -2.00. The van der Waals surface area contributed by atoms with Crippen molar-refractivity contribution in [3.05, 3.63) is 41.0 Å². The van der Waals surface area contributed by atoms with Crippen molar-refractivity contribution in [2.24, 2.45) is 9.98 Å². The summed E-state index contributed by atoms with van der Waals surface area (Å²) in [7, 11) is 0. The fraction of sp³-hybridized carbons (Fsp3) is 0.222. The molecular formula is C18H15N7S2. The topological polar surface area (TPSA) is 80.7 Å². The summed E-state index contributed by atoms with van der Waals surface area (Å²) in [4.78, 5) is 15.3. The van der Waals surface area contributed by atoms with Crippen LogP contribution in [0.4, 0.5) is 0 Å². The summed E-state index contributed by atoms with van der Waals surface area (Å²) in [5.74, 6) is 0. The van der Waals surface area contributed by atoms with E-state index in [9.17, 15) is 0 Å². The molecule has 5 rings (SSSR count). The van der Waals surface area contributed by atoms with E-state index in [1.165, 1.54) is 0 Å². The second-order valence-electron chi connectivity index (χ2n) is 6.13. The van der Waals surface area contributed by atoms with Crippen LogP contribution in [-0.4, -0.2) is 42.9 Å². The number of hydrogen-bond acceptors (Lipinski definition) is 8. The van der Waals surface area contributed by atoms with Gasteiger partial charge in [-0.15, -0.1) is 10.2 Å². The lowest BCUT2D eigenvalue weighted by Gasteiger charge is -2.04. The maximum atomic E-state index is 4.57. The van der Waals surface area contributed by atoms with Crippen LogP contribution in [-0.2, 0) is 6.42 Å². The van der Waals surface area contributed by atoms with Gasteiger partial charge in [0.25, 0.3) is 0 Å². The van der Waals surface area contributed by atoms with Crippen LogP contribution in [0, 0.1) is 0 Å². The molecule has 0 bridgehead atoms. The van der Waals surface area contributed by atoms with Crippen molar-refractivity contribution in [3.8, 4) is 0 Å². The van der Waals surface area contributed by atoms with Gasteiger partial charge in [-0.2, -0.15) is 9.61 Å². The predicted molar refractivity (Wildman–Crippen MR) is 108 cm³/mol. The van der Waals surface area contributed by atoms with Crippen LogP contribution in [0.1, 0.15) is 24.4 Å². The van der Waals surface area contributed by atoms with Gasteiger partial charge in [0.2, 0.25) is 10.1 Å². The molecule has 4 heterocycles. The molecule has 1 aliphatic rings. The van der Waals surface area contributed by atoms with E-state index in [1.54, 1.807) is 23.1 Å². The van der Waals surface area contributed by atoms with Gasteiger partial charge in [0.05, 0.1) is 11.2 Å². The van der Waals surface area contributed by atoms with Crippen molar-refractivity contribution in [1.82, 2.24) is 24.8 Å². The highest BCUT2D eigenvalue weighted by Crippen LogP contribution is 2.30. The summed E-state index contributed by atoms with van der Waals surface area (Å²) >= 11 is 3.13. The lowest BCUT2D eigenvalue weighted by atomic mass is 10.1. The minimum absolute atomic E-state index is 0.0148. The summed E-state index contributed by atoms with van der Waals surface area (Å²) in [5, 5.41) is 15.9. The Labute approximate surface area is 163 Å². The fourth-order valence-corrected chi connectivity index (χ4v) is 4.52. The van der Waals surface area contributed by atoms with Gasteiger partial charge in [-0.3, -0.25) is 15.0 Å². The van der Waals surface area contributed by atoms with Crippen molar-refractivity contribution in [2.75, 3.05) is 0 Å². The maximum Gasteiger partial charge on any atom is 0.235 e. The number of benzene rings is 1. The molecule has 0 saturated heterocycles. The van der Waals surface area contributed by atoms with E-state index in [-0.39, 0.29) is 6.17 Å². The average Bonchev–Trinajstić information content (AvgIpc) is 3.38. The number of fused-ring (bicyclic) bond motifs is 2. The summed E-state index contributed by atoms with van der Waals surface area (Å²) in [6.45, 7) is 4.06. The molecule has 0 fully saturated rings. The zero-order valence-electron chi connectivity index (χ0n) is 14.7. The van der Waals surface area contributed by atoms with Crippen LogP contribution < -0.4 is 0 Å². The van der Waals surface area contributed by atoms with Gasteiger partial charge in [-0.05, 0) is 49.4 Å². The molecule has 1 aliphatic heterocycles. The molecule has 0 aliphatic carbocycles. The normalized spacial score (nSPS) is 16.5. The van der Waals surface area contributed by atoms with Gasteiger partial charge >= 0.3 is 0 Å². The van der Waals surface area contributed by atoms with Gasteiger partial charge < -0.3 is 0 Å². The second kappa shape index (κ2) is 6.50. The standard InChI is InChI=1S/C18H15N7S2/c1-3-16-24-25-17(22-23-18(25)27-16)26-13-4-5-14-11(7-13)6-12(8-20-14)15-9-19-10(2)21-15/h4-10H,3H2,1-2H3. The number of rotatable bonds is 4. The first-order valence-corrected chi connectivity index (χ1v) is 10.2. The third kappa shape index (κ3) is 3.02. The molecule has 0 radical (unpaired) electrons. The van der Waals surface area contributed by atoms with Crippen molar-refractivity contribution < 1.29 is 0 Å². The monoisotopic (exact) mass is 393 g/mol. The Morgan fingerprint density at radius 3 is 2.96 bits per heavy atom. The van der Waals surface area contributed by atoms with Gasteiger partial charge in [-0.1, -0.05) is 18.3 Å². The molecule has 27 heavy (non-hydrogen) atoms. The lowest BCUT2D eigenvalue weighted by molar-refractivity contribution is 0.799. The van der Waals surface area contributed by atoms with E-state index in [2.05, 4.69) is 49.3 Å². The van der Waals surface area contributed by atoms with E-state index in [4.69, 9.17) is 0 Å². The van der Waals surface area contributed by atoms with Crippen molar-refractivity contribution in [1.29, 1.82) is 0 Å². The van der Waals surface area contributed by atoms with E-state index in [0.717, 1.165) is 48.6 Å². The first-order chi connectivity index (χ1) is 13.2. The van der Waals surface area contributed by atoms with Gasteiger partial charge in [0, 0.05) is 28.3 Å². The zero-order chi connectivity index (χ0) is 18.4. The van der Waals surface area contributed by atoms with Crippen molar-refractivity contribution >= 4 is 50.9 Å². The number of aliphatic imine (C=N–C) groups is 2. The van der Waals surface area contributed by atoms with Crippen LogP contribution in [0.5, 0.6) is 0 Å². The Balaban J connectivity index is 1.50. The van der Waals surface area contributed by atoms with Crippen LogP contribution in [0.15, 0.2) is 50.5 Å². The quantitative estimate of drug-likeness (QED) is 0.528. The Bertz CT molecular complexity index is 1220. The van der Waals surface area contributed by atoms with Gasteiger partial charge in [0.15, 0.2) is 0 Å². The minimum Gasteiger partial charge on any atom is -0.265 e. The van der Waals surface area contributed by atoms with Gasteiger partial charge in [0.1, 0.15) is 11.2 Å². The SMILES string of the molecule is CCc1nn2c(Sc3ccc4ncc(C5=NC(C)N=C5)cc4c3)nnc2s1. The van der Waals surface area contributed by atoms with Crippen LogP contribution in [0.3, 0.4) is 0 Å². The van der Waals surface area contributed by atoms with Crippen LogP contribution >= 0.6 is 23.1 Å². The highest BCUT2D eigenvalue weighted by Gasteiger charge is 2.14. The first-order valence-electron chi connectivity index (χ1n) is 8.60. The Morgan fingerprint density at radius 2 is 2.15 bits per heavy atom. The molecule has 0 amide bonds. The third-order valence-electron chi connectivity index (χ3n) is 4.20. The van der Waals surface area contributed by atoms with E-state index >= 15 is 0 Å². The Hall–Kier alpha value is -2.65. The summed E-state index contributed by atoms with van der Waals surface area (Å²) in [5.41, 5.74) is 2.80. The molecule has 4 aromatic rings. The number of aromatic nitrogens is 5. The Kier molecular flexibility index (Phi) is 3.98. The maximum absolute atomic E-state index is 4.57. The first kappa shape index (κ1) is 16.5.